The minimum absolute atomic E-state index is 0.0765. The topological polar surface area (TPSA) is 84.2 Å². The van der Waals surface area contributed by atoms with Gasteiger partial charge in [-0.1, -0.05) is 0 Å². The number of amides is 2. The molecule has 9 heteroatoms. The zero-order valence-corrected chi connectivity index (χ0v) is 11.7. The number of nitrogens with two attached hydrogens (primary N) is 1. The molecule has 1 aromatic rings. The molecule has 0 bridgehead atoms. The third kappa shape index (κ3) is 6.50. The van der Waals surface area contributed by atoms with Crippen LogP contribution in [-0.2, 0) is 9.59 Å². The Hall–Kier alpha value is -1.74. The fourth-order valence-electron chi connectivity index (χ4n) is 1.32. The number of alkyl halides is 2. The molecule has 0 atom stereocenters. The summed E-state index contributed by atoms with van der Waals surface area (Å²) in [6.07, 6.45) is -2.52. The molecule has 0 unspecified atom stereocenters. The molecule has 0 heterocycles. The maximum atomic E-state index is 13.2. The Labute approximate surface area is 123 Å². The van der Waals surface area contributed by atoms with Gasteiger partial charge in [0.1, 0.15) is 5.82 Å². The van der Waals surface area contributed by atoms with E-state index < -0.39 is 29.8 Å². The van der Waals surface area contributed by atoms with Crippen LogP contribution in [0.1, 0.15) is 0 Å². The molecule has 0 saturated carbocycles. The molecule has 0 saturated heterocycles. The van der Waals surface area contributed by atoms with Crippen LogP contribution in [0.25, 0.3) is 0 Å². The molecule has 21 heavy (non-hydrogen) atoms. The maximum absolute atomic E-state index is 13.2. The molecular formula is C12H14F3N3O2S. The fraction of sp³-hybridized carbons (Fsp3) is 0.333. The lowest BCUT2D eigenvalue weighted by molar-refractivity contribution is -0.123. The second-order valence-electron chi connectivity index (χ2n) is 3.87. The van der Waals surface area contributed by atoms with E-state index in [-0.39, 0.29) is 18.8 Å². The second-order valence-corrected chi connectivity index (χ2v) is 4.93. The number of anilines is 1. The highest BCUT2D eigenvalue weighted by Gasteiger charge is 2.12. The van der Waals surface area contributed by atoms with Crippen molar-refractivity contribution in [3.63, 3.8) is 0 Å². The Morgan fingerprint density at radius 1 is 1.29 bits per heavy atom. The van der Waals surface area contributed by atoms with Gasteiger partial charge in [0.25, 0.3) is 0 Å². The van der Waals surface area contributed by atoms with E-state index in [1.54, 1.807) is 0 Å². The Kier molecular flexibility index (Phi) is 7.03. The van der Waals surface area contributed by atoms with Crippen LogP contribution in [0.15, 0.2) is 23.1 Å². The standard InChI is InChI=1S/C12H14F3N3O2S/c13-7-1-2-9(21-6-10(14)15)8(3-7)18-12(20)5-17-11(19)4-16/h1-3,10H,4-6,16H2,(H,17,19)(H,18,20). The summed E-state index contributed by atoms with van der Waals surface area (Å²) in [5, 5.41) is 4.59. The summed E-state index contributed by atoms with van der Waals surface area (Å²) in [6.45, 7) is -0.603. The summed E-state index contributed by atoms with van der Waals surface area (Å²) in [5.41, 5.74) is 5.13. The average Bonchev–Trinajstić information content (AvgIpc) is 2.43. The predicted octanol–water partition coefficient (Wildman–Crippen LogP) is 1.20. The Morgan fingerprint density at radius 2 is 2.00 bits per heavy atom. The van der Waals surface area contributed by atoms with Crippen molar-refractivity contribution in [1.29, 1.82) is 0 Å². The third-order valence-corrected chi connectivity index (χ3v) is 3.30. The molecule has 1 rings (SSSR count). The normalized spacial score (nSPS) is 10.5. The summed E-state index contributed by atoms with van der Waals surface area (Å²) in [7, 11) is 0. The Bertz CT molecular complexity index is 515. The van der Waals surface area contributed by atoms with Crippen molar-refractivity contribution in [1.82, 2.24) is 5.32 Å². The molecule has 0 fully saturated rings. The van der Waals surface area contributed by atoms with Gasteiger partial charge in [-0.15, -0.1) is 11.8 Å². The SMILES string of the molecule is NCC(=O)NCC(=O)Nc1cc(F)ccc1SCC(F)F. The molecule has 0 aliphatic carbocycles. The second kappa shape index (κ2) is 8.53. The van der Waals surface area contributed by atoms with E-state index in [4.69, 9.17) is 5.73 Å². The van der Waals surface area contributed by atoms with Crippen LogP contribution in [0, 0.1) is 5.82 Å². The first-order chi connectivity index (χ1) is 9.92. The van der Waals surface area contributed by atoms with E-state index in [9.17, 15) is 22.8 Å². The lowest BCUT2D eigenvalue weighted by atomic mass is 10.3. The van der Waals surface area contributed by atoms with E-state index >= 15 is 0 Å². The molecule has 0 aromatic heterocycles. The van der Waals surface area contributed by atoms with Gasteiger partial charge in [0.05, 0.1) is 24.5 Å². The van der Waals surface area contributed by atoms with Gasteiger partial charge in [0, 0.05) is 4.90 Å². The molecule has 0 radical (unpaired) electrons. The van der Waals surface area contributed by atoms with Gasteiger partial charge in [-0.3, -0.25) is 9.59 Å². The van der Waals surface area contributed by atoms with Crippen LogP contribution < -0.4 is 16.4 Å². The van der Waals surface area contributed by atoms with E-state index in [2.05, 4.69) is 10.6 Å². The third-order valence-electron chi connectivity index (χ3n) is 2.21. The Morgan fingerprint density at radius 3 is 2.62 bits per heavy atom. The van der Waals surface area contributed by atoms with Gasteiger partial charge in [0.2, 0.25) is 18.2 Å². The quantitative estimate of drug-likeness (QED) is 0.659. The van der Waals surface area contributed by atoms with E-state index in [0.29, 0.717) is 4.90 Å². The number of hydrogen-bond donors (Lipinski definition) is 3. The van der Waals surface area contributed by atoms with Crippen LogP contribution in [0.4, 0.5) is 18.9 Å². The van der Waals surface area contributed by atoms with E-state index in [1.807, 2.05) is 0 Å². The van der Waals surface area contributed by atoms with Gasteiger partial charge >= 0.3 is 0 Å². The summed E-state index contributed by atoms with van der Waals surface area (Å²) < 4.78 is 37.6. The first-order valence-electron chi connectivity index (χ1n) is 5.89. The van der Waals surface area contributed by atoms with Crippen molar-refractivity contribution in [3.8, 4) is 0 Å². The van der Waals surface area contributed by atoms with Crippen LogP contribution in [0.2, 0.25) is 0 Å². The largest absolute Gasteiger partial charge is 0.346 e. The van der Waals surface area contributed by atoms with Crippen molar-refractivity contribution in [2.45, 2.75) is 11.3 Å². The number of benzene rings is 1. The highest BCUT2D eigenvalue weighted by atomic mass is 32.2. The number of carbonyl (C=O) groups excluding carboxylic acids is 2. The van der Waals surface area contributed by atoms with E-state index in [0.717, 1.165) is 23.9 Å². The zero-order chi connectivity index (χ0) is 15.8. The first kappa shape index (κ1) is 17.3. The Balaban J connectivity index is 2.69. The fourth-order valence-corrected chi connectivity index (χ4v) is 2.06. The van der Waals surface area contributed by atoms with Crippen molar-refractivity contribution < 1.29 is 22.8 Å². The summed E-state index contributed by atoms with van der Waals surface area (Å²) >= 11 is 0.796. The van der Waals surface area contributed by atoms with E-state index in [1.165, 1.54) is 6.07 Å². The summed E-state index contributed by atoms with van der Waals surface area (Å²) in [6, 6.07) is 3.44. The minimum atomic E-state index is -2.52. The van der Waals surface area contributed by atoms with Gasteiger partial charge in [-0.05, 0) is 18.2 Å². The van der Waals surface area contributed by atoms with Crippen molar-refractivity contribution >= 4 is 29.3 Å². The monoisotopic (exact) mass is 321 g/mol. The number of rotatable bonds is 7. The summed E-state index contributed by atoms with van der Waals surface area (Å²) in [4.78, 5) is 22.8. The average molecular weight is 321 g/mol. The molecule has 5 nitrogen and oxygen atoms in total. The van der Waals surface area contributed by atoms with Crippen LogP contribution in [-0.4, -0.2) is 37.1 Å². The van der Waals surface area contributed by atoms with Crippen molar-refractivity contribution in [2.24, 2.45) is 5.73 Å². The van der Waals surface area contributed by atoms with Gasteiger partial charge < -0.3 is 16.4 Å². The number of thioether (sulfide) groups is 1. The first-order valence-corrected chi connectivity index (χ1v) is 6.88. The predicted molar refractivity (Wildman–Crippen MR) is 73.8 cm³/mol. The van der Waals surface area contributed by atoms with Crippen molar-refractivity contribution in [2.75, 3.05) is 24.2 Å². The summed E-state index contributed by atoms with van der Waals surface area (Å²) in [5.74, 6) is -2.21. The van der Waals surface area contributed by atoms with Crippen LogP contribution in [0.5, 0.6) is 0 Å². The highest BCUT2D eigenvalue weighted by molar-refractivity contribution is 7.99. The molecule has 0 aliphatic heterocycles. The van der Waals surface area contributed by atoms with Crippen LogP contribution >= 0.6 is 11.8 Å². The molecule has 0 spiro atoms. The lowest BCUT2D eigenvalue weighted by Crippen LogP contribution is -2.36. The number of carbonyl (C=O) groups is 2. The van der Waals surface area contributed by atoms with Gasteiger partial charge in [-0.25, -0.2) is 13.2 Å². The smallest absolute Gasteiger partial charge is 0.247 e. The minimum Gasteiger partial charge on any atom is -0.346 e. The molecule has 1 aromatic carbocycles. The van der Waals surface area contributed by atoms with Crippen LogP contribution in [0.3, 0.4) is 0 Å². The number of nitrogens with one attached hydrogen (secondary N) is 2. The molecule has 2 amide bonds. The molecule has 0 aliphatic rings. The molecule has 4 N–H and O–H groups in total. The van der Waals surface area contributed by atoms with Crippen molar-refractivity contribution in [3.05, 3.63) is 24.0 Å². The molecular weight excluding hydrogens is 307 g/mol. The lowest BCUT2D eigenvalue weighted by Gasteiger charge is -2.11. The molecule has 116 valence electrons. The zero-order valence-electron chi connectivity index (χ0n) is 10.9. The highest BCUT2D eigenvalue weighted by Crippen LogP contribution is 2.29. The van der Waals surface area contributed by atoms with Gasteiger partial charge in [0.15, 0.2) is 0 Å². The number of hydrogen-bond acceptors (Lipinski definition) is 4. The number of halogens is 3. The maximum Gasteiger partial charge on any atom is 0.247 e. The van der Waals surface area contributed by atoms with Gasteiger partial charge in [-0.2, -0.15) is 0 Å².